The Morgan fingerprint density at radius 1 is 1.73 bits per heavy atom. The van der Waals surface area contributed by atoms with E-state index in [-0.39, 0.29) is 5.91 Å². The monoisotopic (exact) mass is 284 g/mol. The van der Waals surface area contributed by atoms with Crippen LogP contribution in [0.3, 0.4) is 0 Å². The molecule has 2 rings (SSSR count). The smallest absolute Gasteiger partial charge is 0.228 e. The first-order chi connectivity index (χ1) is 7.26. The summed E-state index contributed by atoms with van der Waals surface area (Å²) < 4.78 is 0. The van der Waals surface area contributed by atoms with E-state index in [0.717, 1.165) is 16.9 Å². The Balaban J connectivity index is 2.26. The second kappa shape index (κ2) is 4.33. The first kappa shape index (κ1) is 10.7. The van der Waals surface area contributed by atoms with E-state index in [9.17, 15) is 4.79 Å². The SMILES string of the molecule is N#Cc1ccsc1N1CC(CBr)CC1=O. The largest absolute Gasteiger partial charge is 0.302 e. The van der Waals surface area contributed by atoms with Gasteiger partial charge in [0.25, 0.3) is 0 Å². The number of carbonyl (C=O) groups excluding carboxylic acids is 1. The summed E-state index contributed by atoms with van der Waals surface area (Å²) in [5, 5.41) is 12.4. The van der Waals surface area contributed by atoms with Crippen LogP contribution in [-0.4, -0.2) is 17.8 Å². The van der Waals surface area contributed by atoms with Gasteiger partial charge in [-0.15, -0.1) is 11.3 Å². The van der Waals surface area contributed by atoms with E-state index < -0.39 is 0 Å². The van der Waals surface area contributed by atoms with Crippen LogP contribution >= 0.6 is 27.3 Å². The minimum atomic E-state index is 0.124. The van der Waals surface area contributed by atoms with Gasteiger partial charge in [-0.2, -0.15) is 5.26 Å². The predicted octanol–water partition coefficient (Wildman–Crippen LogP) is 2.37. The normalized spacial score (nSPS) is 20.7. The van der Waals surface area contributed by atoms with E-state index in [1.165, 1.54) is 11.3 Å². The highest BCUT2D eigenvalue weighted by atomic mass is 79.9. The van der Waals surface area contributed by atoms with E-state index in [1.54, 1.807) is 11.0 Å². The average Bonchev–Trinajstić information content (AvgIpc) is 2.82. The lowest BCUT2D eigenvalue weighted by Gasteiger charge is -2.14. The third-order valence-corrected chi connectivity index (χ3v) is 4.29. The number of amides is 1. The molecule has 0 N–H and O–H groups in total. The number of hydrogen-bond donors (Lipinski definition) is 0. The van der Waals surface area contributed by atoms with Gasteiger partial charge < -0.3 is 4.90 Å². The highest BCUT2D eigenvalue weighted by Gasteiger charge is 2.31. The minimum absolute atomic E-state index is 0.124. The summed E-state index contributed by atoms with van der Waals surface area (Å²) in [7, 11) is 0. The first-order valence-corrected chi connectivity index (χ1v) is 6.60. The number of anilines is 1. The van der Waals surface area contributed by atoms with E-state index >= 15 is 0 Å². The molecule has 1 aromatic rings. The van der Waals surface area contributed by atoms with Crippen LogP contribution in [0.25, 0.3) is 0 Å². The highest BCUT2D eigenvalue weighted by molar-refractivity contribution is 9.09. The van der Waals surface area contributed by atoms with Crippen molar-refractivity contribution in [3.05, 3.63) is 17.0 Å². The van der Waals surface area contributed by atoms with Gasteiger partial charge >= 0.3 is 0 Å². The van der Waals surface area contributed by atoms with Crippen molar-refractivity contribution in [2.45, 2.75) is 6.42 Å². The van der Waals surface area contributed by atoms with Crippen molar-refractivity contribution in [1.82, 2.24) is 0 Å². The molecule has 1 aliphatic heterocycles. The van der Waals surface area contributed by atoms with Crippen LogP contribution in [0.2, 0.25) is 0 Å². The van der Waals surface area contributed by atoms with Gasteiger partial charge in [0.2, 0.25) is 5.91 Å². The number of halogens is 1. The number of alkyl halides is 1. The summed E-state index contributed by atoms with van der Waals surface area (Å²) in [5.41, 5.74) is 0.601. The zero-order valence-corrected chi connectivity index (χ0v) is 10.3. The molecule has 15 heavy (non-hydrogen) atoms. The van der Waals surface area contributed by atoms with Gasteiger partial charge in [-0.25, -0.2) is 0 Å². The van der Waals surface area contributed by atoms with Crippen molar-refractivity contribution >= 4 is 38.2 Å². The molecular weight excluding hydrogens is 276 g/mol. The molecule has 1 atom stereocenters. The van der Waals surface area contributed by atoms with Gasteiger partial charge in [-0.1, -0.05) is 15.9 Å². The van der Waals surface area contributed by atoms with Crippen LogP contribution in [0.1, 0.15) is 12.0 Å². The maximum Gasteiger partial charge on any atom is 0.228 e. The fourth-order valence-electron chi connectivity index (χ4n) is 1.68. The Morgan fingerprint density at radius 2 is 2.53 bits per heavy atom. The molecule has 0 bridgehead atoms. The lowest BCUT2D eigenvalue weighted by Crippen LogP contribution is -2.24. The van der Waals surface area contributed by atoms with Gasteiger partial charge in [0.05, 0.1) is 5.56 Å². The first-order valence-electron chi connectivity index (χ1n) is 4.60. The lowest BCUT2D eigenvalue weighted by molar-refractivity contribution is -0.117. The zero-order chi connectivity index (χ0) is 10.8. The van der Waals surface area contributed by atoms with Gasteiger partial charge in [0.15, 0.2) is 0 Å². The van der Waals surface area contributed by atoms with Crippen LogP contribution in [0.15, 0.2) is 11.4 Å². The van der Waals surface area contributed by atoms with Crippen molar-refractivity contribution in [1.29, 1.82) is 5.26 Å². The number of carbonyl (C=O) groups is 1. The quantitative estimate of drug-likeness (QED) is 0.783. The molecular formula is C10H9BrN2OS. The number of nitrogens with zero attached hydrogens (tertiary/aromatic N) is 2. The Labute approximate surface area is 100 Å². The molecule has 0 radical (unpaired) electrons. The molecule has 0 spiro atoms. The molecule has 1 amide bonds. The molecule has 0 aliphatic carbocycles. The lowest BCUT2D eigenvalue weighted by atomic mass is 10.2. The van der Waals surface area contributed by atoms with E-state index in [2.05, 4.69) is 22.0 Å². The Morgan fingerprint density at radius 3 is 3.13 bits per heavy atom. The van der Waals surface area contributed by atoms with Crippen LogP contribution < -0.4 is 4.90 Å². The van der Waals surface area contributed by atoms with E-state index in [0.29, 0.717) is 17.9 Å². The number of nitriles is 1. The Hall–Kier alpha value is -0.860. The minimum Gasteiger partial charge on any atom is -0.302 e. The van der Waals surface area contributed by atoms with Crippen molar-refractivity contribution < 1.29 is 4.79 Å². The highest BCUT2D eigenvalue weighted by Crippen LogP contribution is 2.32. The van der Waals surface area contributed by atoms with Crippen LogP contribution in [0.5, 0.6) is 0 Å². The van der Waals surface area contributed by atoms with Crippen molar-refractivity contribution in [3.8, 4) is 6.07 Å². The molecule has 78 valence electrons. The maximum atomic E-state index is 11.7. The molecule has 1 fully saturated rings. The average molecular weight is 285 g/mol. The molecule has 1 saturated heterocycles. The number of hydrogen-bond acceptors (Lipinski definition) is 3. The molecule has 1 aromatic heterocycles. The van der Waals surface area contributed by atoms with E-state index in [1.807, 2.05) is 5.38 Å². The zero-order valence-electron chi connectivity index (χ0n) is 7.94. The molecule has 1 aliphatic rings. The Bertz CT molecular complexity index is 423. The summed E-state index contributed by atoms with van der Waals surface area (Å²) in [5.74, 6) is 0.490. The second-order valence-corrected chi connectivity index (χ2v) is 5.02. The second-order valence-electron chi connectivity index (χ2n) is 3.48. The topological polar surface area (TPSA) is 44.1 Å². The van der Waals surface area contributed by atoms with Crippen molar-refractivity contribution in [2.75, 3.05) is 16.8 Å². The summed E-state index contributed by atoms with van der Waals surface area (Å²) >= 11 is 4.84. The maximum absolute atomic E-state index is 11.7. The summed E-state index contributed by atoms with van der Waals surface area (Å²) in [6.45, 7) is 0.722. The Kier molecular flexibility index (Phi) is 3.08. The van der Waals surface area contributed by atoms with Gasteiger partial charge in [0.1, 0.15) is 11.1 Å². The standard InChI is InChI=1S/C10H9BrN2OS/c11-4-7-3-9(14)13(6-7)10-8(5-12)1-2-15-10/h1-2,7H,3-4,6H2. The summed E-state index contributed by atoms with van der Waals surface area (Å²) in [6.07, 6.45) is 0.577. The van der Waals surface area contributed by atoms with Crippen LogP contribution in [0.4, 0.5) is 5.00 Å². The van der Waals surface area contributed by atoms with Gasteiger partial charge in [-0.3, -0.25) is 4.79 Å². The van der Waals surface area contributed by atoms with Gasteiger partial charge in [-0.05, 0) is 17.4 Å². The molecule has 2 heterocycles. The summed E-state index contributed by atoms with van der Waals surface area (Å²) in [4.78, 5) is 13.4. The predicted molar refractivity (Wildman–Crippen MR) is 63.3 cm³/mol. The molecule has 5 heteroatoms. The molecule has 0 saturated carbocycles. The number of rotatable bonds is 2. The number of thiophene rings is 1. The molecule has 3 nitrogen and oxygen atoms in total. The third-order valence-electron chi connectivity index (χ3n) is 2.43. The van der Waals surface area contributed by atoms with Crippen molar-refractivity contribution in [2.24, 2.45) is 5.92 Å². The fourth-order valence-corrected chi connectivity index (χ4v) is 2.99. The van der Waals surface area contributed by atoms with Crippen molar-refractivity contribution in [3.63, 3.8) is 0 Å². The van der Waals surface area contributed by atoms with Gasteiger partial charge in [0, 0.05) is 18.3 Å². The van der Waals surface area contributed by atoms with E-state index in [4.69, 9.17) is 5.26 Å². The fraction of sp³-hybridized carbons (Fsp3) is 0.400. The molecule has 1 unspecified atom stereocenters. The molecule has 0 aromatic carbocycles. The third kappa shape index (κ3) is 1.92. The van der Waals surface area contributed by atoms with Crippen LogP contribution in [0, 0.1) is 17.2 Å². The van der Waals surface area contributed by atoms with Crippen LogP contribution in [-0.2, 0) is 4.79 Å². The summed E-state index contributed by atoms with van der Waals surface area (Å²) in [6, 6.07) is 3.87.